The highest BCUT2D eigenvalue weighted by Crippen LogP contribution is 2.30. The number of thioether (sulfide) groups is 1. The summed E-state index contributed by atoms with van der Waals surface area (Å²) >= 11 is 1.28. The Morgan fingerprint density at radius 2 is 1.94 bits per heavy atom. The third-order valence-corrected chi connectivity index (χ3v) is 6.07. The van der Waals surface area contributed by atoms with Gasteiger partial charge in [-0.1, -0.05) is 17.8 Å². The third kappa shape index (κ3) is 3.67. The maximum absolute atomic E-state index is 13.5. The van der Waals surface area contributed by atoms with E-state index in [1.807, 2.05) is 0 Å². The van der Waals surface area contributed by atoms with Crippen molar-refractivity contribution in [3.63, 3.8) is 0 Å². The minimum Gasteiger partial charge on any atom is -0.305 e. The summed E-state index contributed by atoms with van der Waals surface area (Å²) in [7, 11) is 4.46. The molecule has 0 fully saturated rings. The number of carbonyl (C=O) groups is 1. The Morgan fingerprint density at radius 1 is 1.19 bits per heavy atom. The first kappa shape index (κ1) is 21.0. The molecule has 1 aromatic carbocycles. The highest BCUT2D eigenvalue weighted by molar-refractivity contribution is 8.14. The van der Waals surface area contributed by atoms with Crippen LogP contribution in [0.3, 0.4) is 0 Å². The zero-order valence-corrected chi connectivity index (χ0v) is 17.7. The number of nitrogens with one attached hydrogen (secondary N) is 1. The molecule has 0 aliphatic carbocycles. The smallest absolute Gasteiger partial charge is 0.305 e. The van der Waals surface area contributed by atoms with Crippen LogP contribution in [0.2, 0.25) is 0 Å². The molecule has 31 heavy (non-hydrogen) atoms. The molecule has 1 unspecified atom stereocenters. The fourth-order valence-electron chi connectivity index (χ4n) is 3.42. The average molecular weight is 448 g/mol. The monoisotopic (exact) mass is 448 g/mol. The van der Waals surface area contributed by atoms with Gasteiger partial charge in [-0.25, -0.2) is 13.6 Å². The van der Waals surface area contributed by atoms with E-state index in [2.05, 4.69) is 15.4 Å². The molecular weight excluding hydrogens is 430 g/mol. The van der Waals surface area contributed by atoms with Crippen molar-refractivity contribution in [2.75, 3.05) is 5.75 Å². The van der Waals surface area contributed by atoms with Crippen LogP contribution in [0.25, 0.3) is 11.0 Å². The summed E-state index contributed by atoms with van der Waals surface area (Å²) in [6.07, 6.45) is -0.157. The molecule has 1 aliphatic rings. The molecule has 2 aromatic heterocycles. The van der Waals surface area contributed by atoms with Crippen molar-refractivity contribution in [3.8, 4) is 0 Å². The second kappa shape index (κ2) is 7.76. The van der Waals surface area contributed by atoms with Gasteiger partial charge >= 0.3 is 5.69 Å². The van der Waals surface area contributed by atoms with Crippen molar-refractivity contribution in [2.45, 2.75) is 12.5 Å². The minimum atomic E-state index is -0.950. The number of aryl methyl sites for hydroxylation is 2. The van der Waals surface area contributed by atoms with Crippen LogP contribution in [0, 0.1) is 11.6 Å². The average Bonchev–Trinajstić information content (AvgIpc) is 3.32. The molecule has 3 heterocycles. The standard InChI is InChI=1S/C19H18F2N6O3S/c1-25-16-15(17(29)26(2)19(25)30)13(27(3)24-16)7-14(28)23-18-22-12(8-31-18)9-4-5-10(20)11(21)6-9/h4-6,12H,7-8H2,1-3H3,(H,22,23,28). The van der Waals surface area contributed by atoms with Crippen LogP contribution in [-0.4, -0.2) is 35.7 Å². The van der Waals surface area contributed by atoms with Gasteiger partial charge < -0.3 is 5.32 Å². The fraction of sp³-hybridized carbons (Fsp3) is 0.316. The Kier molecular flexibility index (Phi) is 5.25. The van der Waals surface area contributed by atoms with E-state index in [1.54, 1.807) is 7.05 Å². The molecule has 1 N–H and O–H groups in total. The van der Waals surface area contributed by atoms with E-state index in [9.17, 15) is 23.2 Å². The number of nitrogens with zero attached hydrogens (tertiary/aromatic N) is 5. The summed E-state index contributed by atoms with van der Waals surface area (Å²) in [5.74, 6) is -1.83. The minimum absolute atomic E-state index is 0.157. The van der Waals surface area contributed by atoms with Gasteiger partial charge in [-0.3, -0.25) is 28.4 Å². The van der Waals surface area contributed by atoms with Gasteiger partial charge in [0.25, 0.3) is 5.56 Å². The number of carbonyl (C=O) groups excluding carboxylic acids is 1. The first-order valence-corrected chi connectivity index (χ1v) is 10.2. The molecule has 0 radical (unpaired) electrons. The molecule has 1 amide bonds. The van der Waals surface area contributed by atoms with Crippen LogP contribution in [0.1, 0.15) is 17.3 Å². The van der Waals surface area contributed by atoms with Gasteiger partial charge in [-0.15, -0.1) is 0 Å². The number of aliphatic imine (C=N–C) groups is 1. The van der Waals surface area contributed by atoms with Gasteiger partial charge in [-0.2, -0.15) is 5.10 Å². The van der Waals surface area contributed by atoms with Crippen molar-refractivity contribution in [1.82, 2.24) is 24.2 Å². The lowest BCUT2D eigenvalue weighted by molar-refractivity contribution is -0.119. The van der Waals surface area contributed by atoms with Crippen LogP contribution < -0.4 is 16.6 Å². The lowest BCUT2D eigenvalue weighted by Crippen LogP contribution is -2.37. The lowest BCUT2D eigenvalue weighted by Gasteiger charge is -2.06. The summed E-state index contributed by atoms with van der Waals surface area (Å²) in [5.41, 5.74) is 0.0399. The number of hydrogen-bond donors (Lipinski definition) is 1. The van der Waals surface area contributed by atoms with E-state index in [4.69, 9.17) is 0 Å². The largest absolute Gasteiger partial charge is 0.332 e. The number of rotatable bonds is 3. The molecule has 1 atom stereocenters. The Bertz CT molecular complexity index is 1370. The van der Waals surface area contributed by atoms with E-state index in [1.165, 1.54) is 41.2 Å². The second-order valence-corrected chi connectivity index (χ2v) is 8.14. The number of fused-ring (bicyclic) bond motifs is 1. The molecule has 1 aliphatic heterocycles. The van der Waals surface area contributed by atoms with Crippen LogP contribution in [-0.2, 0) is 32.4 Å². The number of amides is 1. The first-order valence-electron chi connectivity index (χ1n) is 9.24. The highest BCUT2D eigenvalue weighted by atomic mass is 32.2. The molecule has 9 nitrogen and oxygen atoms in total. The summed E-state index contributed by atoms with van der Waals surface area (Å²) in [6, 6.07) is 3.19. The highest BCUT2D eigenvalue weighted by Gasteiger charge is 2.24. The normalized spacial score (nSPS) is 16.0. The maximum Gasteiger partial charge on any atom is 0.332 e. The molecule has 4 rings (SSSR count). The molecule has 0 saturated heterocycles. The number of aromatic nitrogens is 4. The predicted molar refractivity (Wildman–Crippen MR) is 112 cm³/mol. The van der Waals surface area contributed by atoms with Gasteiger partial charge in [0, 0.05) is 26.9 Å². The Balaban J connectivity index is 1.56. The van der Waals surface area contributed by atoms with Crippen molar-refractivity contribution in [1.29, 1.82) is 0 Å². The first-order chi connectivity index (χ1) is 14.7. The molecular formula is C19H18F2N6O3S. The third-order valence-electron chi connectivity index (χ3n) is 5.11. The summed E-state index contributed by atoms with van der Waals surface area (Å²) < 4.78 is 30.2. The molecule has 0 saturated carbocycles. The molecule has 162 valence electrons. The van der Waals surface area contributed by atoms with Crippen LogP contribution in [0.15, 0.2) is 32.8 Å². The Hall–Kier alpha value is -3.28. The summed E-state index contributed by atoms with van der Waals surface area (Å²) in [4.78, 5) is 41.7. The molecule has 0 bridgehead atoms. The van der Waals surface area contributed by atoms with Gasteiger partial charge in [0.2, 0.25) is 5.91 Å². The fourth-order valence-corrected chi connectivity index (χ4v) is 4.39. The lowest BCUT2D eigenvalue weighted by atomic mass is 10.1. The number of halogens is 2. The predicted octanol–water partition coefficient (Wildman–Crippen LogP) is 0.752. The van der Waals surface area contributed by atoms with Crippen LogP contribution in [0.5, 0.6) is 0 Å². The van der Waals surface area contributed by atoms with E-state index in [0.717, 1.165) is 16.7 Å². The van der Waals surface area contributed by atoms with Gasteiger partial charge in [0.15, 0.2) is 22.4 Å². The van der Waals surface area contributed by atoms with Crippen molar-refractivity contribution in [3.05, 3.63) is 61.9 Å². The SMILES string of the molecule is Cn1nc2c(c1CC(=O)NC1=NC(c3ccc(F)c(F)c3)CS1)c(=O)n(C)c(=O)n2C. The van der Waals surface area contributed by atoms with Crippen LogP contribution in [0.4, 0.5) is 8.78 Å². The van der Waals surface area contributed by atoms with Gasteiger partial charge in [0.05, 0.1) is 18.2 Å². The van der Waals surface area contributed by atoms with Gasteiger partial charge in [0.1, 0.15) is 5.39 Å². The van der Waals surface area contributed by atoms with Crippen LogP contribution >= 0.6 is 11.8 Å². The van der Waals surface area contributed by atoms with Gasteiger partial charge in [-0.05, 0) is 17.7 Å². The van der Waals surface area contributed by atoms with Crippen molar-refractivity contribution in [2.24, 2.45) is 26.1 Å². The zero-order valence-electron chi connectivity index (χ0n) is 16.8. The Morgan fingerprint density at radius 3 is 2.65 bits per heavy atom. The summed E-state index contributed by atoms with van der Waals surface area (Å²) in [5, 5.41) is 7.45. The van der Waals surface area contributed by atoms with E-state index < -0.39 is 34.8 Å². The number of amidine groups is 1. The van der Waals surface area contributed by atoms with Crippen molar-refractivity contribution >= 4 is 33.9 Å². The maximum atomic E-state index is 13.5. The quantitative estimate of drug-likeness (QED) is 0.637. The molecule has 12 heteroatoms. The van der Waals surface area contributed by atoms with E-state index in [0.29, 0.717) is 22.2 Å². The Labute approximate surface area is 178 Å². The molecule has 3 aromatic rings. The van der Waals surface area contributed by atoms with E-state index in [-0.39, 0.29) is 17.5 Å². The topological polar surface area (TPSA) is 103 Å². The number of hydrogen-bond acceptors (Lipinski definition) is 6. The number of benzene rings is 1. The second-order valence-electron chi connectivity index (χ2n) is 7.13. The van der Waals surface area contributed by atoms with Crippen molar-refractivity contribution < 1.29 is 13.6 Å². The van der Waals surface area contributed by atoms with E-state index >= 15 is 0 Å². The molecule has 0 spiro atoms. The zero-order chi connectivity index (χ0) is 22.4. The summed E-state index contributed by atoms with van der Waals surface area (Å²) in [6.45, 7) is 0.